The highest BCUT2D eigenvalue weighted by Crippen LogP contribution is 2.25. The molecule has 1 atom stereocenters. The van der Waals surface area contributed by atoms with Crippen LogP contribution in [0.1, 0.15) is 41.6 Å². The van der Waals surface area contributed by atoms with E-state index in [0.717, 1.165) is 11.3 Å². The molecule has 2 aromatic carbocycles. The molecule has 3 rings (SSSR count). The van der Waals surface area contributed by atoms with Crippen LogP contribution in [0, 0.1) is 12.8 Å². The number of hydrogen-bond donors (Lipinski definition) is 3. The van der Waals surface area contributed by atoms with Gasteiger partial charge in [0.15, 0.2) is 0 Å². The van der Waals surface area contributed by atoms with Gasteiger partial charge < -0.3 is 10.6 Å². The summed E-state index contributed by atoms with van der Waals surface area (Å²) in [4.78, 5) is 29.4. The van der Waals surface area contributed by atoms with E-state index in [0.29, 0.717) is 21.6 Å². The summed E-state index contributed by atoms with van der Waals surface area (Å²) in [6.45, 7) is 5.90. The average molecular weight is 492 g/mol. The molecule has 10 heteroatoms. The minimum atomic E-state index is -0.419. The number of rotatable bonds is 8. The summed E-state index contributed by atoms with van der Waals surface area (Å²) in [5.41, 5.74) is 2.18. The monoisotopic (exact) mass is 491 g/mol. The van der Waals surface area contributed by atoms with Gasteiger partial charge in [-0.25, -0.2) is 4.98 Å². The molecule has 0 saturated carbocycles. The number of nitrogens with zero attached hydrogens (tertiary/aromatic N) is 2. The van der Waals surface area contributed by atoms with Crippen molar-refractivity contribution in [2.75, 3.05) is 11.1 Å². The third-order valence-electron chi connectivity index (χ3n) is 4.57. The first-order chi connectivity index (χ1) is 15.2. The molecular formula is C22H23Cl2N5O2S. The van der Waals surface area contributed by atoms with Gasteiger partial charge in [-0.05, 0) is 43.2 Å². The van der Waals surface area contributed by atoms with E-state index in [4.69, 9.17) is 23.2 Å². The quantitative estimate of drug-likeness (QED) is 0.372. The van der Waals surface area contributed by atoms with Crippen LogP contribution in [0.3, 0.4) is 0 Å². The van der Waals surface area contributed by atoms with E-state index in [1.165, 1.54) is 17.8 Å². The minimum Gasteiger partial charge on any atom is -0.342 e. The third-order valence-corrected chi connectivity index (χ3v) is 5.97. The van der Waals surface area contributed by atoms with Gasteiger partial charge in [0.05, 0.1) is 22.4 Å². The van der Waals surface area contributed by atoms with E-state index in [1.54, 1.807) is 12.1 Å². The first-order valence-electron chi connectivity index (χ1n) is 9.90. The van der Waals surface area contributed by atoms with E-state index >= 15 is 0 Å². The Morgan fingerprint density at radius 1 is 1.12 bits per heavy atom. The number of carbonyl (C=O) groups is 2. The molecule has 2 amide bonds. The number of nitrogens with one attached hydrogen (secondary N) is 3. The molecule has 0 saturated heterocycles. The number of benzene rings is 2. The second-order valence-corrected chi connectivity index (χ2v) is 9.31. The zero-order valence-corrected chi connectivity index (χ0v) is 20.1. The summed E-state index contributed by atoms with van der Waals surface area (Å²) in [6, 6.07) is 11.9. The van der Waals surface area contributed by atoms with Gasteiger partial charge >= 0.3 is 0 Å². The van der Waals surface area contributed by atoms with E-state index in [1.807, 2.05) is 45.0 Å². The molecule has 1 aromatic heterocycles. The van der Waals surface area contributed by atoms with Crippen molar-refractivity contribution in [1.82, 2.24) is 20.5 Å². The standard InChI is InChI=1S/C22H23Cl2N5O2S/c1-12(2)19(26-21(31)16-9-6-14(23)10-17(16)24)20-27-22(29-28-20)32-11-18(30)25-15-7-4-13(3)5-8-15/h4-10,12,19H,11H2,1-3H3,(H,25,30)(H,26,31)(H,27,28,29)/t19-/m0/s1. The molecule has 3 aromatic rings. The van der Waals surface area contributed by atoms with E-state index < -0.39 is 6.04 Å². The highest BCUT2D eigenvalue weighted by molar-refractivity contribution is 7.99. The summed E-state index contributed by atoms with van der Waals surface area (Å²) >= 11 is 13.3. The summed E-state index contributed by atoms with van der Waals surface area (Å²) in [7, 11) is 0. The van der Waals surface area contributed by atoms with Crippen LogP contribution in [0.4, 0.5) is 5.69 Å². The smallest absolute Gasteiger partial charge is 0.253 e. The maximum atomic E-state index is 12.7. The number of anilines is 1. The highest BCUT2D eigenvalue weighted by Gasteiger charge is 2.24. The highest BCUT2D eigenvalue weighted by atomic mass is 35.5. The summed E-state index contributed by atoms with van der Waals surface area (Å²) in [6.07, 6.45) is 0. The lowest BCUT2D eigenvalue weighted by Crippen LogP contribution is -2.32. The fraction of sp³-hybridized carbons (Fsp3) is 0.273. The molecule has 1 heterocycles. The van der Waals surface area contributed by atoms with E-state index in [-0.39, 0.29) is 28.5 Å². The molecule has 0 fully saturated rings. The van der Waals surface area contributed by atoms with Crippen molar-refractivity contribution in [3.05, 3.63) is 69.5 Å². The van der Waals surface area contributed by atoms with Crippen molar-refractivity contribution in [2.24, 2.45) is 5.92 Å². The van der Waals surface area contributed by atoms with Gasteiger partial charge in [0, 0.05) is 10.7 Å². The van der Waals surface area contributed by atoms with Crippen LogP contribution in [0.2, 0.25) is 10.0 Å². The molecule has 0 bridgehead atoms. The number of aryl methyl sites for hydroxylation is 1. The van der Waals surface area contributed by atoms with Crippen molar-refractivity contribution < 1.29 is 9.59 Å². The Morgan fingerprint density at radius 3 is 2.50 bits per heavy atom. The molecule has 0 unspecified atom stereocenters. The van der Waals surface area contributed by atoms with E-state index in [2.05, 4.69) is 25.8 Å². The van der Waals surface area contributed by atoms with Gasteiger partial charge in [-0.15, -0.1) is 5.10 Å². The number of hydrogen-bond acceptors (Lipinski definition) is 5. The first-order valence-corrected chi connectivity index (χ1v) is 11.6. The number of aromatic nitrogens is 3. The Balaban J connectivity index is 1.61. The van der Waals surface area contributed by atoms with Crippen LogP contribution in [0.25, 0.3) is 0 Å². The molecule has 0 aliphatic rings. The van der Waals surface area contributed by atoms with Gasteiger partial charge in [-0.1, -0.05) is 66.5 Å². The maximum Gasteiger partial charge on any atom is 0.253 e. The fourth-order valence-electron chi connectivity index (χ4n) is 2.87. The zero-order chi connectivity index (χ0) is 23.3. The Hall–Kier alpha value is -2.55. The predicted molar refractivity (Wildman–Crippen MR) is 128 cm³/mol. The topological polar surface area (TPSA) is 99.8 Å². The van der Waals surface area contributed by atoms with Crippen LogP contribution in [0.15, 0.2) is 47.6 Å². The van der Waals surface area contributed by atoms with Crippen LogP contribution in [-0.2, 0) is 4.79 Å². The second-order valence-electron chi connectivity index (χ2n) is 7.53. The van der Waals surface area contributed by atoms with Crippen molar-refractivity contribution in [1.29, 1.82) is 0 Å². The SMILES string of the molecule is Cc1ccc(NC(=O)CSc2n[nH]c([C@@H](NC(=O)c3ccc(Cl)cc3Cl)C(C)C)n2)cc1. The van der Waals surface area contributed by atoms with Crippen LogP contribution in [-0.4, -0.2) is 32.7 Å². The largest absolute Gasteiger partial charge is 0.342 e. The third kappa shape index (κ3) is 6.48. The Labute approximate surface area is 200 Å². The van der Waals surface area contributed by atoms with Crippen LogP contribution >= 0.6 is 35.0 Å². The second kappa shape index (κ2) is 10.8. The minimum absolute atomic E-state index is 0.0284. The zero-order valence-electron chi connectivity index (χ0n) is 17.8. The maximum absolute atomic E-state index is 12.7. The van der Waals surface area contributed by atoms with Gasteiger partial charge in [-0.2, -0.15) is 0 Å². The van der Waals surface area contributed by atoms with Gasteiger partial charge in [-0.3, -0.25) is 14.7 Å². The number of thioether (sulfide) groups is 1. The molecular weight excluding hydrogens is 469 g/mol. The summed E-state index contributed by atoms with van der Waals surface area (Å²) in [5.74, 6) is 0.190. The lowest BCUT2D eigenvalue weighted by atomic mass is 10.0. The summed E-state index contributed by atoms with van der Waals surface area (Å²) < 4.78 is 0. The van der Waals surface area contributed by atoms with Crippen LogP contribution < -0.4 is 10.6 Å². The predicted octanol–water partition coefficient (Wildman–Crippen LogP) is 5.28. The van der Waals surface area contributed by atoms with Gasteiger partial charge in [0.25, 0.3) is 5.91 Å². The first kappa shape index (κ1) is 24.1. The molecule has 168 valence electrons. The molecule has 0 radical (unpaired) electrons. The fourth-order valence-corrected chi connectivity index (χ4v) is 3.97. The molecule has 0 aliphatic carbocycles. The van der Waals surface area contributed by atoms with Gasteiger partial charge in [0.2, 0.25) is 11.1 Å². The Bertz CT molecular complexity index is 1100. The number of aromatic amines is 1. The molecule has 3 N–H and O–H groups in total. The number of H-pyrrole nitrogens is 1. The lowest BCUT2D eigenvalue weighted by Gasteiger charge is -2.20. The number of amides is 2. The normalized spacial score (nSPS) is 11.9. The number of carbonyl (C=O) groups excluding carboxylic acids is 2. The molecule has 32 heavy (non-hydrogen) atoms. The summed E-state index contributed by atoms with van der Waals surface area (Å²) in [5, 5.41) is 14.0. The van der Waals surface area contributed by atoms with Crippen molar-refractivity contribution in [2.45, 2.75) is 32.0 Å². The van der Waals surface area contributed by atoms with Gasteiger partial charge in [0.1, 0.15) is 5.82 Å². The van der Waals surface area contributed by atoms with Crippen LogP contribution in [0.5, 0.6) is 0 Å². The Morgan fingerprint density at radius 2 is 1.84 bits per heavy atom. The van der Waals surface area contributed by atoms with Crippen molar-refractivity contribution >= 4 is 52.5 Å². The van der Waals surface area contributed by atoms with E-state index in [9.17, 15) is 9.59 Å². The lowest BCUT2D eigenvalue weighted by molar-refractivity contribution is -0.113. The molecule has 0 spiro atoms. The molecule has 7 nitrogen and oxygen atoms in total. The number of halogens is 2. The van der Waals surface area contributed by atoms with Crippen molar-refractivity contribution in [3.8, 4) is 0 Å². The van der Waals surface area contributed by atoms with Crippen molar-refractivity contribution in [3.63, 3.8) is 0 Å². The Kier molecular flexibility index (Phi) is 8.17. The molecule has 0 aliphatic heterocycles. The average Bonchev–Trinajstić information content (AvgIpc) is 3.20.